The molecule has 0 aliphatic heterocycles. The topological polar surface area (TPSA) is 41.8 Å². The van der Waals surface area contributed by atoms with Gasteiger partial charge in [0.05, 0.1) is 13.1 Å². The first-order chi connectivity index (χ1) is 16.6. The molecule has 0 N–H and O–H groups in total. The molecule has 0 saturated carbocycles. The van der Waals surface area contributed by atoms with Gasteiger partial charge in [-0.2, -0.15) is 0 Å². The third-order valence-electron chi connectivity index (χ3n) is 4.39. The molecule has 0 saturated heterocycles. The van der Waals surface area contributed by atoms with Crippen LogP contribution in [0, 0.1) is 0 Å². The van der Waals surface area contributed by atoms with Crippen LogP contribution in [0.4, 0.5) is 0 Å². The van der Waals surface area contributed by atoms with Crippen molar-refractivity contribution in [2.75, 3.05) is 26.4 Å². The quantitative estimate of drug-likeness (QED) is 0.0949. The summed E-state index contributed by atoms with van der Waals surface area (Å²) in [7, 11) is 19.2. The van der Waals surface area contributed by atoms with Crippen LogP contribution in [0.5, 0.6) is 0 Å². The van der Waals surface area contributed by atoms with Crippen molar-refractivity contribution in [3.05, 3.63) is 96.1 Å². The minimum absolute atomic E-state index is 0. The molecule has 0 spiro atoms. The van der Waals surface area contributed by atoms with Gasteiger partial charge in [-0.3, -0.25) is 9.98 Å². The van der Waals surface area contributed by atoms with Gasteiger partial charge in [0.1, 0.15) is 13.3 Å². The van der Waals surface area contributed by atoms with E-state index in [-0.39, 0.29) is 7.43 Å². The number of hydrogen-bond donors (Lipinski definition) is 0. The second kappa shape index (κ2) is 17.3. The Kier molecular flexibility index (Phi) is 15.7. The number of benzene rings is 4. The third kappa shape index (κ3) is 14.5. The van der Waals surface area contributed by atoms with E-state index < -0.39 is 20.1 Å². The van der Waals surface area contributed by atoms with Crippen LogP contribution < -0.4 is 0 Å². The van der Waals surface area contributed by atoms with Gasteiger partial charge in [0, 0.05) is 12.4 Å². The normalized spacial score (nSPS) is 10.9. The van der Waals surface area contributed by atoms with E-state index >= 15 is 0 Å². The molecule has 36 heavy (non-hydrogen) atoms. The third-order valence-corrected chi connectivity index (χ3v) is 4.39. The van der Waals surface area contributed by atoms with Crippen molar-refractivity contribution in [1.82, 2.24) is 0 Å². The van der Waals surface area contributed by atoms with E-state index in [2.05, 4.69) is 94.9 Å². The number of aliphatic imine (C=N–C) groups is 2. The fourth-order valence-electron chi connectivity index (χ4n) is 3.03. The predicted molar refractivity (Wildman–Crippen MR) is 162 cm³/mol. The molecule has 4 rings (SSSR count). The molecule has 0 radical (unpaired) electrons. The second-order valence-corrected chi connectivity index (χ2v) is 24.6. The second-order valence-electron chi connectivity index (χ2n) is 7.52. The molecule has 0 aliphatic carbocycles. The van der Waals surface area contributed by atoms with E-state index in [0.717, 1.165) is 11.1 Å². The molecule has 0 heterocycles. The maximum absolute atomic E-state index is 9.59. The summed E-state index contributed by atoms with van der Waals surface area (Å²) < 4.78 is 9.59. The summed E-state index contributed by atoms with van der Waals surface area (Å²) in [4.78, 5) is 8.98. The van der Waals surface area contributed by atoms with Gasteiger partial charge in [-0.25, -0.2) is 0 Å². The van der Waals surface area contributed by atoms with Crippen LogP contribution in [0.1, 0.15) is 18.6 Å². The Hall–Kier alpha value is -1.29. The van der Waals surface area contributed by atoms with Crippen LogP contribution in [0.15, 0.2) is 94.9 Å². The van der Waals surface area contributed by atoms with Crippen molar-refractivity contribution >= 4 is 79.0 Å². The van der Waals surface area contributed by atoms with E-state index in [9.17, 15) is 4.57 Å². The van der Waals surface area contributed by atoms with Gasteiger partial charge < -0.3 is 0 Å². The molecule has 0 fully saturated rings. The molecule has 0 unspecified atom stereocenters. The molecular formula is C27H30Cl4N2OPTi+. The van der Waals surface area contributed by atoms with Crippen LogP contribution in [0.25, 0.3) is 21.5 Å². The van der Waals surface area contributed by atoms with Crippen molar-refractivity contribution in [2.45, 2.75) is 7.43 Å². The summed E-state index contributed by atoms with van der Waals surface area (Å²) >= 11 is -3.11. The van der Waals surface area contributed by atoms with Crippen molar-refractivity contribution in [1.29, 1.82) is 0 Å². The maximum atomic E-state index is 9.59. The van der Waals surface area contributed by atoms with Crippen molar-refractivity contribution < 1.29 is 16.9 Å². The summed E-state index contributed by atoms with van der Waals surface area (Å²) in [5.74, 6) is 0. The fraction of sp³-hybridized carbons (Fsp3) is 0.185. The average Bonchev–Trinajstić information content (AvgIpc) is 2.79. The molecule has 4 aromatic rings. The number of halogens is 4. The Labute approximate surface area is 234 Å². The van der Waals surface area contributed by atoms with Gasteiger partial charge in [-0.15, -0.1) is 0 Å². The van der Waals surface area contributed by atoms with Crippen molar-refractivity contribution in [3.8, 4) is 0 Å². The minimum atomic E-state index is -3.11. The predicted octanol–water partition coefficient (Wildman–Crippen LogP) is 10.00. The first-order valence-corrected chi connectivity index (χ1v) is 21.4. The first-order valence-electron chi connectivity index (χ1n) is 10.7. The Morgan fingerprint density at radius 2 is 0.972 bits per heavy atom. The van der Waals surface area contributed by atoms with Gasteiger partial charge in [-0.1, -0.05) is 84.8 Å². The number of rotatable bonds is 5. The van der Waals surface area contributed by atoms with Crippen LogP contribution in [0.2, 0.25) is 0 Å². The van der Waals surface area contributed by atoms with Gasteiger partial charge in [0.2, 0.25) is 0 Å². The zero-order chi connectivity index (χ0) is 25.7. The molecule has 4 aromatic carbocycles. The zero-order valence-electron chi connectivity index (χ0n) is 19.4. The Morgan fingerprint density at radius 1 is 0.667 bits per heavy atom. The molecule has 0 bridgehead atoms. The van der Waals surface area contributed by atoms with E-state index in [1.54, 1.807) is 13.3 Å². The molecule has 0 atom stereocenters. The van der Waals surface area contributed by atoms with Crippen LogP contribution in [-0.2, 0) is 16.9 Å². The van der Waals surface area contributed by atoms with Crippen molar-refractivity contribution in [2.24, 2.45) is 9.98 Å². The van der Waals surface area contributed by atoms with Crippen LogP contribution >= 0.6 is 45.0 Å². The average molecular weight is 619 g/mol. The summed E-state index contributed by atoms with van der Waals surface area (Å²) in [6.07, 6.45) is 3.86. The van der Waals surface area contributed by atoms with E-state index in [0.29, 0.717) is 13.1 Å². The van der Waals surface area contributed by atoms with Crippen LogP contribution in [-0.4, -0.2) is 38.8 Å². The van der Waals surface area contributed by atoms with E-state index in [4.69, 9.17) is 37.2 Å². The summed E-state index contributed by atoms with van der Waals surface area (Å²) in [6, 6.07) is 29.5. The molecule has 9 heteroatoms. The van der Waals surface area contributed by atoms with E-state index in [1.807, 2.05) is 12.4 Å². The molecular weight excluding hydrogens is 589 g/mol. The monoisotopic (exact) mass is 617 g/mol. The van der Waals surface area contributed by atoms with Crippen LogP contribution in [0.3, 0.4) is 0 Å². The standard InChI is InChI=1S/C24H20N2.C2H6OP.CH4.4ClH.Ti/c1-3-7-23-15-19(9-11-21(23)5-1)17-25-13-14-26-18-20-10-12-22-6-2-4-8-24(22)16-20;1-4(2)3;;;;;;/h1-12,15-18H,13-14H2;1-2H3;1H4;4*1H;/q;+1;;;;;;+4/p-4. The molecule has 190 valence electrons. The zero-order valence-corrected chi connectivity index (χ0v) is 24.9. The van der Waals surface area contributed by atoms with Gasteiger partial charge in [0.15, 0.2) is 0 Å². The fourth-order valence-corrected chi connectivity index (χ4v) is 3.03. The van der Waals surface area contributed by atoms with E-state index in [1.165, 1.54) is 21.5 Å². The summed E-state index contributed by atoms with van der Waals surface area (Å²) in [5, 5.41) is 4.99. The molecule has 0 aliphatic rings. The van der Waals surface area contributed by atoms with Crippen molar-refractivity contribution in [3.63, 3.8) is 0 Å². The number of nitrogens with zero attached hydrogens (tertiary/aromatic N) is 2. The van der Waals surface area contributed by atoms with Gasteiger partial charge in [0.25, 0.3) is 0 Å². The number of hydrogen-bond acceptors (Lipinski definition) is 3. The molecule has 0 aromatic heterocycles. The Morgan fingerprint density at radius 3 is 1.31 bits per heavy atom. The number of fused-ring (bicyclic) bond motifs is 2. The molecule has 0 amide bonds. The summed E-state index contributed by atoms with van der Waals surface area (Å²) in [5.41, 5.74) is 2.25. The molecule has 3 nitrogen and oxygen atoms in total. The van der Waals surface area contributed by atoms with Gasteiger partial charge in [-0.05, 0) is 44.8 Å². The summed E-state index contributed by atoms with van der Waals surface area (Å²) in [6.45, 7) is 4.73. The first kappa shape index (κ1) is 32.7. The Balaban J connectivity index is 0.000000562. The Bertz CT molecular complexity index is 1210. The SMILES string of the molecule is C.C(=NCCN=Cc1ccc2ccccc2c1)c1ccc2ccccc2c1.C[P+](C)=O.[Cl][Ti]([Cl])([Cl])[Cl]. The van der Waals surface area contributed by atoms with Gasteiger partial charge >= 0.3 is 57.4 Å².